The van der Waals surface area contributed by atoms with Crippen LogP contribution in [-0.2, 0) is 0 Å². The van der Waals surface area contributed by atoms with Crippen molar-refractivity contribution >= 4 is 21.7 Å². The van der Waals surface area contributed by atoms with Gasteiger partial charge in [-0.2, -0.15) is 0 Å². The molecule has 0 N–H and O–H groups in total. The topological polar surface area (TPSA) is 17.1 Å². The Morgan fingerprint density at radius 2 is 1.39 bits per heavy atom. The highest BCUT2D eigenvalue weighted by Crippen LogP contribution is 2.24. The van der Waals surface area contributed by atoms with Crippen molar-refractivity contribution in [2.45, 2.75) is 84.5 Å². The van der Waals surface area contributed by atoms with Gasteiger partial charge in [0, 0.05) is 16.5 Å². The summed E-state index contributed by atoms with van der Waals surface area (Å²) in [5.41, 5.74) is 0.861. The Bertz CT molecular complexity index is 412. The summed E-state index contributed by atoms with van der Waals surface area (Å²) in [5, 5.41) is 0. The molecule has 0 radical (unpaired) electrons. The van der Waals surface area contributed by atoms with Crippen LogP contribution < -0.4 is 0 Å². The molecule has 0 saturated carbocycles. The molecule has 1 aromatic carbocycles. The van der Waals surface area contributed by atoms with E-state index < -0.39 is 0 Å². The summed E-state index contributed by atoms with van der Waals surface area (Å²) in [7, 11) is 0. The molecule has 0 aliphatic heterocycles. The number of rotatable bonds is 13. The molecule has 0 aliphatic rings. The fourth-order valence-corrected chi connectivity index (χ4v) is 3.35. The van der Waals surface area contributed by atoms with Crippen LogP contribution in [0.1, 0.15) is 94.8 Å². The zero-order valence-electron chi connectivity index (χ0n) is 15.0. The van der Waals surface area contributed by atoms with Gasteiger partial charge in [-0.1, -0.05) is 106 Å². The number of carbonyl (C=O) groups is 1. The number of ketones is 1. The predicted molar refractivity (Wildman–Crippen MR) is 104 cm³/mol. The van der Waals surface area contributed by atoms with Crippen molar-refractivity contribution in [1.82, 2.24) is 0 Å². The lowest BCUT2D eigenvalue weighted by molar-refractivity contribution is 0.0955. The zero-order chi connectivity index (χ0) is 16.9. The molecule has 0 heterocycles. The van der Waals surface area contributed by atoms with E-state index in [2.05, 4.69) is 29.8 Å². The lowest BCUT2D eigenvalue weighted by Gasteiger charge is -2.16. The number of benzene rings is 1. The number of Topliss-reactive ketones (excluding diaryl/α,β-unsaturated/α-hetero) is 1. The smallest absolute Gasteiger partial charge is 0.163 e. The van der Waals surface area contributed by atoms with Gasteiger partial charge in [0.2, 0.25) is 0 Å². The van der Waals surface area contributed by atoms with E-state index in [0.717, 1.165) is 16.5 Å². The van der Waals surface area contributed by atoms with E-state index in [4.69, 9.17) is 0 Å². The Hall–Kier alpha value is -0.630. The summed E-state index contributed by atoms with van der Waals surface area (Å²) < 4.78 is 1.03. The average molecular weight is 381 g/mol. The van der Waals surface area contributed by atoms with Crippen molar-refractivity contribution in [1.29, 1.82) is 0 Å². The molecular formula is C21H33BrO. The van der Waals surface area contributed by atoms with Gasteiger partial charge in [0.05, 0.1) is 0 Å². The lowest BCUT2D eigenvalue weighted by Crippen LogP contribution is -2.09. The van der Waals surface area contributed by atoms with Crippen LogP contribution in [0, 0.1) is 5.92 Å². The van der Waals surface area contributed by atoms with Gasteiger partial charge in [0.25, 0.3) is 0 Å². The molecule has 0 aromatic heterocycles. The SMILES string of the molecule is CCCCCCC(CCCCCC)CC(=O)c1ccc(Br)cc1. The van der Waals surface area contributed by atoms with Crippen LogP contribution in [-0.4, -0.2) is 5.78 Å². The molecule has 0 atom stereocenters. The minimum Gasteiger partial charge on any atom is -0.294 e. The Morgan fingerprint density at radius 3 is 1.87 bits per heavy atom. The van der Waals surface area contributed by atoms with Crippen LogP contribution >= 0.6 is 15.9 Å². The second-order valence-electron chi connectivity index (χ2n) is 6.70. The first-order valence-corrected chi connectivity index (χ1v) is 10.2. The largest absolute Gasteiger partial charge is 0.294 e. The van der Waals surface area contributed by atoms with Crippen molar-refractivity contribution < 1.29 is 4.79 Å². The molecule has 0 unspecified atom stereocenters. The van der Waals surface area contributed by atoms with Gasteiger partial charge < -0.3 is 0 Å². The van der Waals surface area contributed by atoms with Crippen LogP contribution in [0.2, 0.25) is 0 Å². The van der Waals surface area contributed by atoms with Gasteiger partial charge in [-0.25, -0.2) is 0 Å². The van der Waals surface area contributed by atoms with Crippen LogP contribution in [0.15, 0.2) is 28.7 Å². The zero-order valence-corrected chi connectivity index (χ0v) is 16.5. The third-order valence-electron chi connectivity index (χ3n) is 4.57. The van der Waals surface area contributed by atoms with Gasteiger partial charge in [-0.3, -0.25) is 4.79 Å². The monoisotopic (exact) mass is 380 g/mol. The van der Waals surface area contributed by atoms with Crippen LogP contribution in [0.3, 0.4) is 0 Å². The predicted octanol–water partition coefficient (Wildman–Crippen LogP) is 7.58. The molecule has 0 aliphatic carbocycles. The summed E-state index contributed by atoms with van der Waals surface area (Å²) in [6.45, 7) is 4.50. The Morgan fingerprint density at radius 1 is 0.870 bits per heavy atom. The summed E-state index contributed by atoms with van der Waals surface area (Å²) >= 11 is 3.43. The van der Waals surface area contributed by atoms with E-state index in [9.17, 15) is 4.79 Å². The Balaban J connectivity index is 2.48. The van der Waals surface area contributed by atoms with Gasteiger partial charge in [0.1, 0.15) is 0 Å². The molecule has 0 spiro atoms. The minimum atomic E-state index is 0.313. The molecule has 130 valence electrons. The van der Waals surface area contributed by atoms with Crippen molar-refractivity contribution in [3.05, 3.63) is 34.3 Å². The van der Waals surface area contributed by atoms with Crippen LogP contribution in [0.25, 0.3) is 0 Å². The quantitative estimate of drug-likeness (QED) is 0.254. The Kier molecular flexibility index (Phi) is 11.3. The first kappa shape index (κ1) is 20.4. The third kappa shape index (κ3) is 9.30. The molecule has 1 nitrogen and oxygen atoms in total. The normalized spacial score (nSPS) is 11.1. The van der Waals surface area contributed by atoms with Gasteiger partial charge in [0.15, 0.2) is 5.78 Å². The highest BCUT2D eigenvalue weighted by atomic mass is 79.9. The number of hydrogen-bond acceptors (Lipinski definition) is 1. The first-order valence-electron chi connectivity index (χ1n) is 9.46. The maximum absolute atomic E-state index is 12.5. The van der Waals surface area contributed by atoms with Gasteiger partial charge >= 0.3 is 0 Å². The van der Waals surface area contributed by atoms with Crippen molar-refractivity contribution in [2.75, 3.05) is 0 Å². The maximum atomic E-state index is 12.5. The van der Waals surface area contributed by atoms with E-state index in [1.165, 1.54) is 64.2 Å². The standard InChI is InChI=1S/C21H33BrO/c1-3-5-7-9-11-18(12-10-8-6-4-2)17-21(23)19-13-15-20(22)16-14-19/h13-16,18H,3-12,17H2,1-2H3. The summed E-state index contributed by atoms with van der Waals surface area (Å²) in [6, 6.07) is 7.81. The summed E-state index contributed by atoms with van der Waals surface area (Å²) in [4.78, 5) is 12.5. The fraction of sp³-hybridized carbons (Fsp3) is 0.667. The Labute approximate surface area is 151 Å². The molecule has 1 aromatic rings. The van der Waals surface area contributed by atoms with Crippen LogP contribution in [0.5, 0.6) is 0 Å². The van der Waals surface area contributed by atoms with E-state index in [-0.39, 0.29) is 0 Å². The fourth-order valence-electron chi connectivity index (χ4n) is 3.08. The molecule has 2 heteroatoms. The van der Waals surface area contributed by atoms with Gasteiger partial charge in [-0.05, 0) is 18.1 Å². The third-order valence-corrected chi connectivity index (χ3v) is 5.10. The van der Waals surface area contributed by atoms with Crippen LogP contribution in [0.4, 0.5) is 0 Å². The van der Waals surface area contributed by atoms with E-state index in [1.54, 1.807) is 0 Å². The molecule has 23 heavy (non-hydrogen) atoms. The molecule has 1 rings (SSSR count). The van der Waals surface area contributed by atoms with Crippen molar-refractivity contribution in [3.63, 3.8) is 0 Å². The first-order chi connectivity index (χ1) is 11.2. The minimum absolute atomic E-state index is 0.313. The number of unbranched alkanes of at least 4 members (excludes halogenated alkanes) is 6. The van der Waals surface area contributed by atoms with E-state index >= 15 is 0 Å². The average Bonchev–Trinajstić information content (AvgIpc) is 2.55. The number of hydrogen-bond donors (Lipinski definition) is 0. The summed E-state index contributed by atoms with van der Waals surface area (Å²) in [6.07, 6.45) is 13.5. The lowest BCUT2D eigenvalue weighted by atomic mass is 9.88. The molecular weight excluding hydrogens is 348 g/mol. The van der Waals surface area contributed by atoms with Gasteiger partial charge in [-0.15, -0.1) is 0 Å². The number of halogens is 1. The summed E-state index contributed by atoms with van der Waals surface area (Å²) in [5.74, 6) is 0.883. The highest BCUT2D eigenvalue weighted by Gasteiger charge is 2.15. The number of carbonyl (C=O) groups excluding carboxylic acids is 1. The highest BCUT2D eigenvalue weighted by molar-refractivity contribution is 9.10. The van der Waals surface area contributed by atoms with E-state index in [0.29, 0.717) is 11.7 Å². The molecule has 0 bridgehead atoms. The van der Waals surface area contributed by atoms with Crippen molar-refractivity contribution in [2.24, 2.45) is 5.92 Å². The maximum Gasteiger partial charge on any atom is 0.163 e. The van der Waals surface area contributed by atoms with Crippen molar-refractivity contribution in [3.8, 4) is 0 Å². The molecule has 0 amide bonds. The molecule has 0 saturated heterocycles. The second-order valence-corrected chi connectivity index (χ2v) is 7.61. The molecule has 0 fully saturated rings. The van der Waals surface area contributed by atoms with E-state index in [1.807, 2.05) is 24.3 Å². The second kappa shape index (κ2) is 12.8.